The van der Waals surface area contributed by atoms with Gasteiger partial charge in [-0.25, -0.2) is 0 Å². The summed E-state index contributed by atoms with van der Waals surface area (Å²) in [5.41, 5.74) is 0.750. The number of hydrogen-bond donors (Lipinski definition) is 2. The van der Waals surface area contributed by atoms with E-state index < -0.39 is 5.97 Å². The number of ether oxygens (including phenoxy) is 1. The lowest BCUT2D eigenvalue weighted by molar-refractivity contribution is -0.141. The van der Waals surface area contributed by atoms with E-state index in [0.29, 0.717) is 17.8 Å². The highest BCUT2D eigenvalue weighted by atomic mass is 16.5. The first-order valence-electron chi connectivity index (χ1n) is 6.43. The number of carbonyl (C=O) groups is 3. The highest BCUT2D eigenvalue weighted by Crippen LogP contribution is 2.15. The van der Waals surface area contributed by atoms with E-state index in [1.807, 2.05) is 0 Å². The van der Waals surface area contributed by atoms with E-state index in [-0.39, 0.29) is 24.7 Å². The number of esters is 1. The third kappa shape index (κ3) is 5.48. The normalized spacial score (nSPS) is 9.57. The summed E-state index contributed by atoms with van der Waals surface area (Å²) in [6, 6.07) is 6.64. The summed E-state index contributed by atoms with van der Waals surface area (Å²) in [7, 11) is 1.26. The molecule has 1 aromatic rings. The molecule has 0 saturated heterocycles. The van der Waals surface area contributed by atoms with Crippen LogP contribution < -0.4 is 10.6 Å². The summed E-state index contributed by atoms with van der Waals surface area (Å²) in [5.74, 6) is -1.12. The number of amides is 2. The van der Waals surface area contributed by atoms with Crippen molar-refractivity contribution in [3.05, 3.63) is 42.5 Å². The van der Waals surface area contributed by atoms with Gasteiger partial charge in [0.15, 0.2) is 0 Å². The SMILES string of the molecule is C=CCNC(=O)c1ccccc1NC(=O)CCC(=O)OC. The Labute approximate surface area is 123 Å². The van der Waals surface area contributed by atoms with Gasteiger partial charge < -0.3 is 15.4 Å². The quantitative estimate of drug-likeness (QED) is 0.588. The molecule has 0 atom stereocenters. The fourth-order valence-corrected chi connectivity index (χ4v) is 1.58. The lowest BCUT2D eigenvalue weighted by atomic mass is 10.1. The Morgan fingerprint density at radius 1 is 1.24 bits per heavy atom. The molecule has 6 nitrogen and oxygen atoms in total. The van der Waals surface area contributed by atoms with Crippen molar-refractivity contribution >= 4 is 23.5 Å². The second-order valence-electron chi connectivity index (χ2n) is 4.17. The molecular formula is C15H18N2O4. The molecule has 2 N–H and O–H groups in total. The summed E-state index contributed by atoms with van der Waals surface area (Å²) in [6.45, 7) is 3.85. The zero-order chi connectivity index (χ0) is 15.7. The van der Waals surface area contributed by atoms with E-state index in [2.05, 4.69) is 21.9 Å². The Bertz CT molecular complexity index is 540. The number of anilines is 1. The second-order valence-corrected chi connectivity index (χ2v) is 4.17. The average Bonchev–Trinajstić information content (AvgIpc) is 2.50. The predicted molar refractivity (Wildman–Crippen MR) is 78.9 cm³/mol. The Kier molecular flexibility index (Phi) is 6.67. The van der Waals surface area contributed by atoms with Crippen LogP contribution in [0, 0.1) is 0 Å². The molecule has 0 aromatic heterocycles. The molecule has 0 fully saturated rings. The van der Waals surface area contributed by atoms with Crippen molar-refractivity contribution in [1.82, 2.24) is 5.32 Å². The molecule has 0 aliphatic heterocycles. The summed E-state index contributed by atoms with van der Waals surface area (Å²) in [5, 5.41) is 5.25. The Morgan fingerprint density at radius 3 is 2.62 bits per heavy atom. The molecule has 0 aliphatic carbocycles. The summed E-state index contributed by atoms with van der Waals surface area (Å²) < 4.78 is 4.46. The maximum atomic E-state index is 11.9. The van der Waals surface area contributed by atoms with Crippen LogP contribution in [0.25, 0.3) is 0 Å². The summed E-state index contributed by atoms with van der Waals surface area (Å²) >= 11 is 0. The molecule has 21 heavy (non-hydrogen) atoms. The van der Waals surface area contributed by atoms with E-state index in [9.17, 15) is 14.4 Å². The molecular weight excluding hydrogens is 272 g/mol. The van der Waals surface area contributed by atoms with Gasteiger partial charge in [-0.2, -0.15) is 0 Å². The predicted octanol–water partition coefficient (Wildman–Crippen LogP) is 1.49. The van der Waals surface area contributed by atoms with Gasteiger partial charge in [0, 0.05) is 13.0 Å². The first kappa shape index (κ1) is 16.4. The van der Waals surface area contributed by atoms with Crippen molar-refractivity contribution in [2.24, 2.45) is 0 Å². The minimum Gasteiger partial charge on any atom is -0.469 e. The van der Waals surface area contributed by atoms with Crippen LogP contribution in [0.3, 0.4) is 0 Å². The second kappa shape index (κ2) is 8.52. The molecule has 0 heterocycles. The zero-order valence-electron chi connectivity index (χ0n) is 11.8. The van der Waals surface area contributed by atoms with Gasteiger partial charge in [-0.1, -0.05) is 18.2 Å². The van der Waals surface area contributed by atoms with Gasteiger partial charge in [0.1, 0.15) is 0 Å². The Balaban J connectivity index is 2.70. The van der Waals surface area contributed by atoms with Gasteiger partial charge >= 0.3 is 5.97 Å². The number of methoxy groups -OCH3 is 1. The van der Waals surface area contributed by atoms with Crippen LogP contribution in [-0.2, 0) is 14.3 Å². The van der Waals surface area contributed by atoms with Crippen molar-refractivity contribution in [1.29, 1.82) is 0 Å². The minimum atomic E-state index is -0.456. The van der Waals surface area contributed by atoms with Crippen molar-refractivity contribution in [2.75, 3.05) is 19.0 Å². The number of hydrogen-bond acceptors (Lipinski definition) is 4. The number of nitrogens with one attached hydrogen (secondary N) is 2. The van der Waals surface area contributed by atoms with Gasteiger partial charge in [0.05, 0.1) is 24.8 Å². The monoisotopic (exact) mass is 290 g/mol. The highest BCUT2D eigenvalue weighted by molar-refractivity contribution is 6.04. The van der Waals surface area contributed by atoms with Crippen LogP contribution in [0.1, 0.15) is 23.2 Å². The number of carbonyl (C=O) groups excluding carboxylic acids is 3. The van der Waals surface area contributed by atoms with E-state index in [0.717, 1.165) is 0 Å². The van der Waals surface area contributed by atoms with Gasteiger partial charge in [-0.3, -0.25) is 14.4 Å². The van der Waals surface area contributed by atoms with Crippen LogP contribution in [-0.4, -0.2) is 31.4 Å². The van der Waals surface area contributed by atoms with Crippen LogP contribution >= 0.6 is 0 Å². The molecule has 112 valence electrons. The molecule has 0 radical (unpaired) electrons. The molecule has 0 bridgehead atoms. The number of benzene rings is 1. The highest BCUT2D eigenvalue weighted by Gasteiger charge is 2.13. The van der Waals surface area contributed by atoms with Gasteiger partial charge in [0.2, 0.25) is 5.91 Å². The van der Waals surface area contributed by atoms with Crippen molar-refractivity contribution in [3.8, 4) is 0 Å². The molecule has 0 aliphatic rings. The van der Waals surface area contributed by atoms with Gasteiger partial charge in [-0.15, -0.1) is 6.58 Å². The van der Waals surface area contributed by atoms with E-state index in [1.54, 1.807) is 30.3 Å². The summed E-state index contributed by atoms with van der Waals surface area (Å²) in [4.78, 5) is 34.7. The molecule has 0 unspecified atom stereocenters. The lowest BCUT2D eigenvalue weighted by Crippen LogP contribution is -2.25. The molecule has 1 aromatic carbocycles. The molecule has 2 amide bonds. The first-order chi connectivity index (χ1) is 10.1. The maximum absolute atomic E-state index is 11.9. The molecule has 0 saturated carbocycles. The van der Waals surface area contributed by atoms with Crippen molar-refractivity contribution < 1.29 is 19.1 Å². The first-order valence-corrected chi connectivity index (χ1v) is 6.43. The van der Waals surface area contributed by atoms with Gasteiger partial charge in [0.25, 0.3) is 5.91 Å². The number of para-hydroxylation sites is 1. The standard InChI is InChI=1S/C15H18N2O4/c1-3-10-16-15(20)11-6-4-5-7-12(11)17-13(18)8-9-14(19)21-2/h3-7H,1,8-10H2,2H3,(H,16,20)(H,17,18). The average molecular weight is 290 g/mol. The third-order valence-corrected chi connectivity index (χ3v) is 2.64. The molecule has 6 heteroatoms. The lowest BCUT2D eigenvalue weighted by Gasteiger charge is -2.10. The van der Waals surface area contributed by atoms with Crippen LogP contribution in [0.4, 0.5) is 5.69 Å². The maximum Gasteiger partial charge on any atom is 0.306 e. The van der Waals surface area contributed by atoms with Crippen molar-refractivity contribution in [3.63, 3.8) is 0 Å². The van der Waals surface area contributed by atoms with Crippen LogP contribution in [0.2, 0.25) is 0 Å². The number of rotatable bonds is 7. The fraction of sp³-hybridized carbons (Fsp3) is 0.267. The third-order valence-electron chi connectivity index (χ3n) is 2.64. The van der Waals surface area contributed by atoms with Crippen LogP contribution in [0.15, 0.2) is 36.9 Å². The zero-order valence-corrected chi connectivity index (χ0v) is 11.8. The molecule has 0 spiro atoms. The van der Waals surface area contributed by atoms with E-state index >= 15 is 0 Å². The Morgan fingerprint density at radius 2 is 1.95 bits per heavy atom. The Hall–Kier alpha value is -2.63. The molecule has 1 rings (SSSR count). The van der Waals surface area contributed by atoms with Gasteiger partial charge in [-0.05, 0) is 12.1 Å². The topological polar surface area (TPSA) is 84.5 Å². The van der Waals surface area contributed by atoms with Crippen LogP contribution in [0.5, 0.6) is 0 Å². The fourth-order valence-electron chi connectivity index (χ4n) is 1.58. The largest absolute Gasteiger partial charge is 0.469 e. The van der Waals surface area contributed by atoms with E-state index in [4.69, 9.17) is 0 Å². The minimum absolute atomic E-state index is 0.00468. The smallest absolute Gasteiger partial charge is 0.306 e. The van der Waals surface area contributed by atoms with E-state index in [1.165, 1.54) is 7.11 Å². The van der Waals surface area contributed by atoms with Crippen molar-refractivity contribution in [2.45, 2.75) is 12.8 Å². The summed E-state index contributed by atoms with van der Waals surface area (Å²) in [6.07, 6.45) is 1.55.